The molecule has 1 heterocycles. The molecule has 1 N–H and O–H groups in total. The first-order valence-corrected chi connectivity index (χ1v) is 7.55. The van der Waals surface area contributed by atoms with Gasteiger partial charge in [0.1, 0.15) is 5.82 Å². The number of hydrogen-bond acceptors (Lipinski definition) is 4. The predicted octanol–water partition coefficient (Wildman–Crippen LogP) is 3.72. The number of para-hydroxylation sites is 1. The Labute approximate surface area is 143 Å². The van der Waals surface area contributed by atoms with E-state index in [0.29, 0.717) is 22.3 Å². The quantitative estimate of drug-likeness (QED) is 0.739. The highest BCUT2D eigenvalue weighted by Crippen LogP contribution is 2.22. The normalized spacial score (nSPS) is 10.5. The average molecular weight is 338 g/mol. The lowest BCUT2D eigenvalue weighted by Crippen LogP contribution is -2.16. The van der Waals surface area contributed by atoms with Gasteiger partial charge in [0.25, 0.3) is 5.91 Å². The zero-order valence-corrected chi connectivity index (χ0v) is 13.7. The Balaban J connectivity index is 2.04. The average Bonchev–Trinajstić information content (AvgIpc) is 2.61. The standard InChI is InChI=1S/C19H15FN2O3/c1-11-9-15(14-10-12(20)7-8-17(14)21-11)18(23)22-16-6-4-3-5-13(16)19(24)25-2/h3-10H,1-2H3,(H,22,23). The minimum atomic E-state index is -0.558. The summed E-state index contributed by atoms with van der Waals surface area (Å²) in [6, 6.07) is 12.2. The van der Waals surface area contributed by atoms with Gasteiger partial charge in [0.2, 0.25) is 0 Å². The molecule has 0 fully saturated rings. The van der Waals surface area contributed by atoms with Crippen LogP contribution in [0.25, 0.3) is 10.9 Å². The lowest BCUT2D eigenvalue weighted by Gasteiger charge is -2.11. The van der Waals surface area contributed by atoms with E-state index in [1.165, 1.54) is 25.3 Å². The van der Waals surface area contributed by atoms with Crippen molar-refractivity contribution in [2.24, 2.45) is 0 Å². The van der Waals surface area contributed by atoms with Crippen molar-refractivity contribution in [3.05, 3.63) is 71.2 Å². The van der Waals surface area contributed by atoms with E-state index >= 15 is 0 Å². The highest BCUT2D eigenvalue weighted by atomic mass is 19.1. The molecule has 0 unspecified atom stereocenters. The van der Waals surface area contributed by atoms with E-state index < -0.39 is 17.7 Å². The fourth-order valence-electron chi connectivity index (χ4n) is 2.59. The van der Waals surface area contributed by atoms with Gasteiger partial charge >= 0.3 is 5.97 Å². The smallest absolute Gasteiger partial charge is 0.339 e. The Morgan fingerprint density at radius 1 is 1.08 bits per heavy atom. The molecule has 126 valence electrons. The lowest BCUT2D eigenvalue weighted by atomic mass is 10.1. The van der Waals surface area contributed by atoms with Crippen LogP contribution in [0, 0.1) is 12.7 Å². The molecular weight excluding hydrogens is 323 g/mol. The van der Waals surface area contributed by atoms with Gasteiger partial charge in [-0.2, -0.15) is 0 Å². The number of nitrogens with zero attached hydrogens (tertiary/aromatic N) is 1. The van der Waals surface area contributed by atoms with Crippen molar-refractivity contribution in [1.29, 1.82) is 0 Å². The van der Waals surface area contributed by atoms with Crippen molar-refractivity contribution >= 4 is 28.5 Å². The second-order valence-corrected chi connectivity index (χ2v) is 5.46. The number of methoxy groups -OCH3 is 1. The molecule has 5 nitrogen and oxygen atoms in total. The zero-order chi connectivity index (χ0) is 18.0. The summed E-state index contributed by atoms with van der Waals surface area (Å²) in [7, 11) is 1.27. The van der Waals surface area contributed by atoms with E-state index in [2.05, 4.69) is 10.3 Å². The molecule has 3 aromatic rings. The van der Waals surface area contributed by atoms with Crippen LogP contribution in [0.1, 0.15) is 26.4 Å². The van der Waals surface area contributed by atoms with Gasteiger partial charge in [0, 0.05) is 11.1 Å². The van der Waals surface area contributed by atoms with Crippen molar-refractivity contribution in [3.63, 3.8) is 0 Å². The Bertz CT molecular complexity index is 986. The van der Waals surface area contributed by atoms with Crippen LogP contribution in [0.5, 0.6) is 0 Å². The van der Waals surface area contributed by atoms with Crippen LogP contribution >= 0.6 is 0 Å². The SMILES string of the molecule is COC(=O)c1ccccc1NC(=O)c1cc(C)nc2ccc(F)cc12. The second-order valence-electron chi connectivity index (χ2n) is 5.46. The van der Waals surface area contributed by atoms with Crippen molar-refractivity contribution in [2.45, 2.75) is 6.92 Å². The number of aromatic nitrogens is 1. The van der Waals surface area contributed by atoms with E-state index in [4.69, 9.17) is 4.74 Å². The molecule has 25 heavy (non-hydrogen) atoms. The van der Waals surface area contributed by atoms with Gasteiger partial charge in [-0.15, -0.1) is 0 Å². The number of aryl methyl sites for hydroxylation is 1. The number of fused-ring (bicyclic) bond motifs is 1. The maximum atomic E-state index is 13.6. The number of esters is 1. The zero-order valence-electron chi connectivity index (χ0n) is 13.7. The van der Waals surface area contributed by atoms with Crippen molar-refractivity contribution < 1.29 is 18.7 Å². The van der Waals surface area contributed by atoms with Crippen LogP contribution in [0.2, 0.25) is 0 Å². The van der Waals surface area contributed by atoms with Crippen LogP contribution in [-0.2, 0) is 4.74 Å². The van der Waals surface area contributed by atoms with Crippen LogP contribution in [0.3, 0.4) is 0 Å². The Morgan fingerprint density at radius 2 is 1.84 bits per heavy atom. The fraction of sp³-hybridized carbons (Fsp3) is 0.105. The minimum absolute atomic E-state index is 0.236. The maximum absolute atomic E-state index is 13.6. The molecule has 6 heteroatoms. The number of amides is 1. The number of pyridine rings is 1. The molecule has 2 aromatic carbocycles. The maximum Gasteiger partial charge on any atom is 0.339 e. The van der Waals surface area contributed by atoms with E-state index in [9.17, 15) is 14.0 Å². The summed E-state index contributed by atoms with van der Waals surface area (Å²) < 4.78 is 18.3. The number of benzene rings is 2. The lowest BCUT2D eigenvalue weighted by molar-refractivity contribution is 0.0602. The number of carbonyl (C=O) groups is 2. The third-order valence-electron chi connectivity index (χ3n) is 3.72. The number of carbonyl (C=O) groups excluding carboxylic acids is 2. The number of anilines is 1. The Morgan fingerprint density at radius 3 is 2.60 bits per heavy atom. The van der Waals surface area contributed by atoms with Gasteiger partial charge in [-0.1, -0.05) is 12.1 Å². The number of nitrogens with one attached hydrogen (secondary N) is 1. The van der Waals surface area contributed by atoms with E-state index in [1.54, 1.807) is 37.3 Å². The molecule has 3 rings (SSSR count). The molecule has 0 radical (unpaired) electrons. The summed E-state index contributed by atoms with van der Waals surface area (Å²) in [6.45, 7) is 1.75. The first-order chi connectivity index (χ1) is 12.0. The predicted molar refractivity (Wildman–Crippen MR) is 92.2 cm³/mol. The number of halogens is 1. The van der Waals surface area contributed by atoms with E-state index in [-0.39, 0.29) is 11.1 Å². The molecule has 0 spiro atoms. The molecular formula is C19H15FN2O3. The van der Waals surface area contributed by atoms with Crippen LogP contribution in [0.15, 0.2) is 48.5 Å². The molecule has 0 saturated carbocycles. The third kappa shape index (κ3) is 3.33. The first kappa shape index (κ1) is 16.6. The number of rotatable bonds is 3. The van der Waals surface area contributed by atoms with Crippen LogP contribution in [-0.4, -0.2) is 24.0 Å². The van der Waals surface area contributed by atoms with Crippen LogP contribution < -0.4 is 5.32 Å². The van der Waals surface area contributed by atoms with Crippen molar-refractivity contribution in [1.82, 2.24) is 4.98 Å². The first-order valence-electron chi connectivity index (χ1n) is 7.55. The van der Waals surface area contributed by atoms with E-state index in [1.807, 2.05) is 0 Å². The summed E-state index contributed by atoms with van der Waals surface area (Å²) in [5.41, 5.74) is 1.98. The summed E-state index contributed by atoms with van der Waals surface area (Å²) >= 11 is 0. The van der Waals surface area contributed by atoms with Gasteiger partial charge in [-0.3, -0.25) is 9.78 Å². The van der Waals surface area contributed by atoms with Gasteiger partial charge in [-0.25, -0.2) is 9.18 Å². The summed E-state index contributed by atoms with van der Waals surface area (Å²) in [5.74, 6) is -1.47. The molecule has 0 saturated heterocycles. The fourth-order valence-corrected chi connectivity index (χ4v) is 2.59. The highest BCUT2D eigenvalue weighted by molar-refractivity contribution is 6.14. The monoisotopic (exact) mass is 338 g/mol. The summed E-state index contributed by atoms with van der Waals surface area (Å²) in [6.07, 6.45) is 0. The highest BCUT2D eigenvalue weighted by Gasteiger charge is 2.17. The number of hydrogen-bond donors (Lipinski definition) is 1. The molecule has 0 aliphatic rings. The van der Waals surface area contributed by atoms with Gasteiger partial charge in [-0.05, 0) is 43.3 Å². The molecule has 0 atom stereocenters. The Hall–Kier alpha value is -3.28. The molecule has 0 aliphatic heterocycles. The molecule has 1 aromatic heterocycles. The summed E-state index contributed by atoms with van der Waals surface area (Å²) in [5, 5.41) is 3.09. The molecule has 0 bridgehead atoms. The second kappa shape index (κ2) is 6.68. The van der Waals surface area contributed by atoms with Gasteiger partial charge in [0.15, 0.2) is 0 Å². The summed E-state index contributed by atoms with van der Waals surface area (Å²) in [4.78, 5) is 28.9. The van der Waals surface area contributed by atoms with E-state index in [0.717, 1.165) is 0 Å². The van der Waals surface area contributed by atoms with Gasteiger partial charge in [0.05, 0.1) is 29.4 Å². The Kier molecular flexibility index (Phi) is 4.43. The van der Waals surface area contributed by atoms with Crippen molar-refractivity contribution in [3.8, 4) is 0 Å². The number of ether oxygens (including phenoxy) is 1. The van der Waals surface area contributed by atoms with Gasteiger partial charge < -0.3 is 10.1 Å². The minimum Gasteiger partial charge on any atom is -0.465 e. The molecule has 0 aliphatic carbocycles. The largest absolute Gasteiger partial charge is 0.465 e. The topological polar surface area (TPSA) is 68.3 Å². The molecule has 1 amide bonds. The van der Waals surface area contributed by atoms with Crippen molar-refractivity contribution in [2.75, 3.05) is 12.4 Å². The third-order valence-corrected chi connectivity index (χ3v) is 3.72. The van der Waals surface area contributed by atoms with Crippen LogP contribution in [0.4, 0.5) is 10.1 Å².